The number of carbonyl (C=O) groups is 1. The lowest BCUT2D eigenvalue weighted by Crippen LogP contribution is -2.05. The lowest BCUT2D eigenvalue weighted by Gasteiger charge is -2.15. The van der Waals surface area contributed by atoms with Crippen LogP contribution in [0.15, 0.2) is 18.2 Å². The van der Waals surface area contributed by atoms with Crippen LogP contribution in [0, 0.1) is 20.8 Å². The van der Waals surface area contributed by atoms with Gasteiger partial charge in [0.15, 0.2) is 0 Å². The van der Waals surface area contributed by atoms with Gasteiger partial charge in [0.2, 0.25) is 0 Å². The first-order chi connectivity index (χ1) is 21.1. The molecule has 5 rings (SSSR count). The van der Waals surface area contributed by atoms with Gasteiger partial charge in [-0.15, -0.1) is 0 Å². The summed E-state index contributed by atoms with van der Waals surface area (Å²) >= 11 is 0. The minimum Gasteiger partial charge on any atom is -0.478 e. The van der Waals surface area contributed by atoms with Gasteiger partial charge < -0.3 is 19.8 Å². The van der Waals surface area contributed by atoms with Crippen LogP contribution in [0.4, 0.5) is 0 Å². The van der Waals surface area contributed by atoms with Crippen molar-refractivity contribution in [3.8, 4) is 0 Å². The standard InChI is InChI=1S/C37H48N4O3/c1-9-12-13-14-15-44-19-27-22(6)28-16-30-21(5)26(11-3)35(40-30)24(8)36-34(37(42)43)23(7)31(41-36)18-32-25(10-2)20(4)29(38-32)17-33(27)39-28/h16-18,21,26,38-39H,9-15,19H2,1-8H3,(H,42,43)/t21-,26-/m0/s1. The zero-order valence-electron chi connectivity index (χ0n) is 27.7. The number of nitrogens with one attached hydrogen (secondary N) is 2. The van der Waals surface area contributed by atoms with Gasteiger partial charge in [-0.25, -0.2) is 9.78 Å². The summed E-state index contributed by atoms with van der Waals surface area (Å²) in [6, 6.07) is 6.39. The van der Waals surface area contributed by atoms with Crippen LogP contribution in [0.25, 0.3) is 33.2 Å². The van der Waals surface area contributed by atoms with E-state index in [1.807, 2.05) is 19.9 Å². The second-order valence-corrected chi connectivity index (χ2v) is 12.5. The number of ether oxygens (including phenoxy) is 1. The number of rotatable bonds is 10. The number of aromatic nitrogens is 4. The fraction of sp³-hybridized carbons (Fsp3) is 0.486. The van der Waals surface area contributed by atoms with E-state index in [1.54, 1.807) is 0 Å². The van der Waals surface area contributed by atoms with Crippen LogP contribution >= 0.6 is 0 Å². The average molecular weight is 597 g/mol. The Morgan fingerprint density at radius 1 is 0.864 bits per heavy atom. The largest absolute Gasteiger partial charge is 0.478 e. The van der Waals surface area contributed by atoms with Gasteiger partial charge in [-0.3, -0.25) is 4.98 Å². The van der Waals surface area contributed by atoms with Crippen molar-refractivity contribution in [2.24, 2.45) is 0 Å². The summed E-state index contributed by atoms with van der Waals surface area (Å²) in [5.41, 5.74) is 13.7. The fourth-order valence-corrected chi connectivity index (χ4v) is 6.97. The van der Waals surface area contributed by atoms with Crippen LogP contribution in [-0.2, 0) is 22.6 Å². The van der Waals surface area contributed by atoms with Crippen molar-refractivity contribution in [3.05, 3.63) is 68.8 Å². The van der Waals surface area contributed by atoms with Crippen molar-refractivity contribution in [1.82, 2.24) is 19.9 Å². The molecule has 0 saturated carbocycles. The van der Waals surface area contributed by atoms with Crippen molar-refractivity contribution in [1.29, 1.82) is 0 Å². The molecule has 7 nitrogen and oxygen atoms in total. The molecule has 7 heteroatoms. The predicted octanol–water partition coefficient (Wildman–Crippen LogP) is 9.21. The predicted molar refractivity (Wildman–Crippen MR) is 180 cm³/mol. The lowest BCUT2D eigenvalue weighted by atomic mass is 9.87. The number of aromatic amines is 2. The Morgan fingerprint density at radius 3 is 2.20 bits per heavy atom. The highest BCUT2D eigenvalue weighted by atomic mass is 16.5. The first-order valence-electron chi connectivity index (χ1n) is 16.4. The fourth-order valence-electron chi connectivity index (χ4n) is 6.97. The zero-order valence-corrected chi connectivity index (χ0v) is 27.7. The van der Waals surface area contributed by atoms with Crippen molar-refractivity contribution in [3.63, 3.8) is 0 Å². The zero-order chi connectivity index (χ0) is 31.7. The molecule has 2 aliphatic heterocycles. The molecule has 0 saturated heterocycles. The molecule has 0 aromatic carbocycles. The molecular weight excluding hydrogens is 548 g/mol. The molecule has 44 heavy (non-hydrogen) atoms. The summed E-state index contributed by atoms with van der Waals surface area (Å²) in [5.74, 6) is -0.599. The van der Waals surface area contributed by atoms with E-state index >= 15 is 0 Å². The van der Waals surface area contributed by atoms with Crippen molar-refractivity contribution < 1.29 is 14.6 Å². The Kier molecular flexibility index (Phi) is 9.45. The molecule has 8 bridgehead atoms. The number of fused-ring (bicyclic) bond motifs is 8. The molecule has 234 valence electrons. The van der Waals surface area contributed by atoms with Gasteiger partial charge in [-0.1, -0.05) is 47.0 Å². The second-order valence-electron chi connectivity index (χ2n) is 12.5. The number of aryl methyl sites for hydroxylation is 3. The summed E-state index contributed by atoms with van der Waals surface area (Å²) in [6.45, 7) is 18.2. The van der Waals surface area contributed by atoms with Gasteiger partial charge in [0, 0.05) is 57.5 Å². The first kappa shape index (κ1) is 31.7. The second kappa shape index (κ2) is 13.1. The van der Waals surface area contributed by atoms with Gasteiger partial charge >= 0.3 is 5.97 Å². The van der Waals surface area contributed by atoms with E-state index in [0.29, 0.717) is 23.6 Å². The van der Waals surface area contributed by atoms with Crippen molar-refractivity contribution >= 4 is 39.2 Å². The quantitative estimate of drug-likeness (QED) is 0.202. The molecule has 0 spiro atoms. The highest BCUT2D eigenvalue weighted by molar-refractivity contribution is 6.24. The summed E-state index contributed by atoms with van der Waals surface area (Å²) in [5, 5.41) is 10.3. The summed E-state index contributed by atoms with van der Waals surface area (Å²) in [7, 11) is 0. The van der Waals surface area contributed by atoms with E-state index in [9.17, 15) is 9.90 Å². The number of nitrogens with zero attached hydrogens (tertiary/aromatic N) is 2. The smallest absolute Gasteiger partial charge is 0.338 e. The molecule has 0 aliphatic carbocycles. The topological polar surface area (TPSA) is 104 Å². The molecule has 0 unspecified atom stereocenters. The molecule has 0 fully saturated rings. The maximum absolute atomic E-state index is 12.6. The molecule has 2 aliphatic rings. The average Bonchev–Trinajstić information content (AvgIpc) is 3.68. The summed E-state index contributed by atoms with van der Waals surface area (Å²) < 4.78 is 6.24. The van der Waals surface area contributed by atoms with Crippen LogP contribution in [0.5, 0.6) is 0 Å². The highest BCUT2D eigenvalue weighted by Crippen LogP contribution is 2.42. The lowest BCUT2D eigenvalue weighted by molar-refractivity contribution is -0.130. The maximum atomic E-state index is 12.6. The minimum atomic E-state index is -0.959. The van der Waals surface area contributed by atoms with Crippen molar-refractivity contribution in [2.75, 3.05) is 6.61 Å². The number of carboxylic acid groups (broad SMARTS) is 1. The monoisotopic (exact) mass is 596 g/mol. The van der Waals surface area contributed by atoms with E-state index in [4.69, 9.17) is 14.7 Å². The van der Waals surface area contributed by atoms with Gasteiger partial charge in [-0.2, -0.15) is 0 Å². The van der Waals surface area contributed by atoms with E-state index < -0.39 is 5.97 Å². The summed E-state index contributed by atoms with van der Waals surface area (Å²) in [4.78, 5) is 30.1. The van der Waals surface area contributed by atoms with E-state index in [1.165, 1.54) is 41.5 Å². The first-order valence-corrected chi connectivity index (χ1v) is 16.4. The minimum absolute atomic E-state index is 0.176. The number of carboxylic acids is 1. The number of hydrogen-bond donors (Lipinski definition) is 3. The normalized spacial score (nSPS) is 16.6. The molecule has 5 heterocycles. The Bertz CT molecular complexity index is 1770. The number of unbranched alkanes of at least 4 members (excludes halogenated alkanes) is 3. The van der Waals surface area contributed by atoms with Crippen LogP contribution in [-0.4, -0.2) is 37.6 Å². The number of hydrogen-bond acceptors (Lipinski definition) is 4. The van der Waals surface area contributed by atoms with Crippen LogP contribution in [0.3, 0.4) is 0 Å². The third-order valence-corrected chi connectivity index (χ3v) is 9.80. The van der Waals surface area contributed by atoms with E-state index in [0.717, 1.165) is 64.9 Å². The van der Waals surface area contributed by atoms with Crippen LogP contribution in [0.2, 0.25) is 0 Å². The third kappa shape index (κ3) is 5.74. The maximum Gasteiger partial charge on any atom is 0.338 e. The number of allylic oxidation sites excluding steroid dienone is 1. The van der Waals surface area contributed by atoms with Gasteiger partial charge in [-0.05, 0) is 93.0 Å². The van der Waals surface area contributed by atoms with Gasteiger partial charge in [0.05, 0.1) is 23.6 Å². The van der Waals surface area contributed by atoms with Crippen LogP contribution in [0.1, 0.15) is 129 Å². The Hall–Kier alpha value is -3.71. The molecular formula is C37H48N4O3. The molecule has 0 amide bonds. The summed E-state index contributed by atoms with van der Waals surface area (Å²) in [6.07, 6.45) is 6.47. The van der Waals surface area contributed by atoms with Gasteiger partial charge in [0.1, 0.15) is 0 Å². The van der Waals surface area contributed by atoms with Crippen molar-refractivity contribution in [2.45, 2.75) is 112 Å². The Morgan fingerprint density at radius 2 is 1.55 bits per heavy atom. The van der Waals surface area contributed by atoms with Gasteiger partial charge in [0.25, 0.3) is 0 Å². The molecule has 3 aromatic heterocycles. The number of H-pyrrole nitrogens is 2. The Labute approximate surface area is 261 Å². The molecule has 3 N–H and O–H groups in total. The highest BCUT2D eigenvalue weighted by Gasteiger charge is 2.32. The van der Waals surface area contributed by atoms with E-state index in [2.05, 4.69) is 63.6 Å². The molecule has 2 atom stereocenters. The SMILES string of the molecule is CCCCCCOCc1c(C)c2cc3nc(c(C)c4nc(cc5[nH]c(cc1[nH]2)c(C)c5CC)C(C)=C4C(=O)O)[C@@H](CC)[C@@H]3C. The third-order valence-electron chi connectivity index (χ3n) is 9.80. The molecule has 0 radical (unpaired) electrons. The van der Waals surface area contributed by atoms with Crippen LogP contribution < -0.4 is 0 Å². The Balaban J connectivity index is 1.84. The molecule has 3 aromatic rings. The number of aliphatic carboxylic acids is 1. The van der Waals surface area contributed by atoms with E-state index in [-0.39, 0.29) is 17.4 Å².